The number of hydrogen-bond acceptors (Lipinski definition) is 2. The first kappa shape index (κ1) is 13.9. The van der Waals surface area contributed by atoms with Gasteiger partial charge in [0.1, 0.15) is 11.7 Å². The van der Waals surface area contributed by atoms with Crippen LogP contribution in [-0.2, 0) is 11.3 Å². The molecule has 0 bridgehead atoms. The normalized spacial score (nSPS) is 19.4. The van der Waals surface area contributed by atoms with Gasteiger partial charge in [-0.25, -0.2) is 0 Å². The van der Waals surface area contributed by atoms with Gasteiger partial charge in [-0.15, -0.1) is 0 Å². The van der Waals surface area contributed by atoms with Crippen molar-refractivity contribution >= 4 is 23.4 Å². The molecule has 2 amide bonds. The summed E-state index contributed by atoms with van der Waals surface area (Å²) in [5.41, 5.74) is 0.542. The summed E-state index contributed by atoms with van der Waals surface area (Å²) in [6, 6.07) is 1.27. The summed E-state index contributed by atoms with van der Waals surface area (Å²) in [4.78, 5) is 26.0. The van der Waals surface area contributed by atoms with E-state index in [0.29, 0.717) is 36.8 Å². The van der Waals surface area contributed by atoms with Crippen molar-refractivity contribution in [2.45, 2.75) is 32.9 Å². The minimum atomic E-state index is -0.389. The molecular formula is C13H18ClN3O2. The number of rotatable bonds is 3. The zero-order valence-electron chi connectivity index (χ0n) is 11.1. The molecule has 1 fully saturated rings. The third-order valence-corrected chi connectivity index (χ3v) is 3.61. The van der Waals surface area contributed by atoms with Crippen LogP contribution in [0.1, 0.15) is 30.8 Å². The molecule has 1 aliphatic rings. The molecule has 1 N–H and O–H groups in total. The van der Waals surface area contributed by atoms with Gasteiger partial charge in [-0.1, -0.05) is 18.5 Å². The van der Waals surface area contributed by atoms with E-state index in [9.17, 15) is 9.59 Å². The molecular weight excluding hydrogens is 266 g/mol. The molecule has 1 unspecified atom stereocenters. The molecule has 1 aliphatic heterocycles. The minimum absolute atomic E-state index is 0.0807. The van der Waals surface area contributed by atoms with Gasteiger partial charge in [-0.05, 0) is 19.4 Å². The molecule has 0 spiro atoms. The first-order valence-electron chi connectivity index (χ1n) is 6.52. The second-order valence-electron chi connectivity index (χ2n) is 4.54. The van der Waals surface area contributed by atoms with Gasteiger partial charge < -0.3 is 14.8 Å². The highest BCUT2D eigenvalue weighted by Crippen LogP contribution is 2.19. The Labute approximate surface area is 117 Å². The van der Waals surface area contributed by atoms with E-state index in [2.05, 4.69) is 5.32 Å². The molecule has 0 radical (unpaired) electrons. The highest BCUT2D eigenvalue weighted by molar-refractivity contribution is 6.31. The van der Waals surface area contributed by atoms with Crippen molar-refractivity contribution in [3.63, 3.8) is 0 Å². The van der Waals surface area contributed by atoms with E-state index in [1.54, 1.807) is 17.2 Å². The second kappa shape index (κ2) is 5.65. The Morgan fingerprint density at radius 3 is 2.89 bits per heavy atom. The third-order valence-electron chi connectivity index (χ3n) is 3.40. The van der Waals surface area contributed by atoms with E-state index >= 15 is 0 Å². The standard InChI is InChI=1S/C13H18ClN3O2/c1-3-10-12(18)15-5-6-17(10)13(19)11-7-9(14)8-16(11)4-2/h7-8,10H,3-6H2,1-2H3,(H,15,18). The van der Waals surface area contributed by atoms with Crippen LogP contribution in [0.25, 0.3) is 0 Å². The zero-order valence-corrected chi connectivity index (χ0v) is 11.9. The van der Waals surface area contributed by atoms with Gasteiger partial charge >= 0.3 is 0 Å². The zero-order chi connectivity index (χ0) is 14.0. The fourth-order valence-corrected chi connectivity index (χ4v) is 2.65. The molecule has 2 heterocycles. The largest absolute Gasteiger partial charge is 0.353 e. The van der Waals surface area contributed by atoms with Gasteiger partial charge in [-0.3, -0.25) is 9.59 Å². The highest BCUT2D eigenvalue weighted by Gasteiger charge is 2.33. The van der Waals surface area contributed by atoms with E-state index in [-0.39, 0.29) is 17.9 Å². The summed E-state index contributed by atoms with van der Waals surface area (Å²) >= 11 is 5.96. The van der Waals surface area contributed by atoms with Crippen LogP contribution in [0.3, 0.4) is 0 Å². The number of aryl methyl sites for hydroxylation is 1. The first-order chi connectivity index (χ1) is 9.08. The van der Waals surface area contributed by atoms with Crippen LogP contribution in [0.5, 0.6) is 0 Å². The van der Waals surface area contributed by atoms with E-state index in [0.717, 1.165) is 0 Å². The molecule has 19 heavy (non-hydrogen) atoms. The number of nitrogens with zero attached hydrogens (tertiary/aromatic N) is 2. The van der Waals surface area contributed by atoms with Crippen LogP contribution in [0.15, 0.2) is 12.3 Å². The van der Waals surface area contributed by atoms with Crippen molar-refractivity contribution in [1.82, 2.24) is 14.8 Å². The molecule has 104 valence electrons. The summed E-state index contributed by atoms with van der Waals surface area (Å²) in [6.45, 7) is 5.57. The number of carbonyl (C=O) groups excluding carboxylic acids is 2. The Kier molecular flexibility index (Phi) is 4.14. The maximum atomic E-state index is 12.6. The van der Waals surface area contributed by atoms with Crippen LogP contribution in [0.2, 0.25) is 5.02 Å². The molecule has 1 saturated heterocycles. The first-order valence-corrected chi connectivity index (χ1v) is 6.90. The summed E-state index contributed by atoms with van der Waals surface area (Å²) in [6.07, 6.45) is 2.35. The average Bonchev–Trinajstić information content (AvgIpc) is 2.78. The van der Waals surface area contributed by atoms with Gasteiger partial charge in [0, 0.05) is 25.8 Å². The second-order valence-corrected chi connectivity index (χ2v) is 4.98. The monoisotopic (exact) mass is 283 g/mol. The molecule has 0 aromatic carbocycles. The van der Waals surface area contributed by atoms with Crippen LogP contribution >= 0.6 is 11.6 Å². The smallest absolute Gasteiger partial charge is 0.271 e. The lowest BCUT2D eigenvalue weighted by Gasteiger charge is -2.34. The summed E-state index contributed by atoms with van der Waals surface area (Å²) in [5, 5.41) is 3.33. The predicted octanol–water partition coefficient (Wildman–Crippen LogP) is 1.51. The summed E-state index contributed by atoms with van der Waals surface area (Å²) < 4.78 is 1.81. The molecule has 1 atom stereocenters. The maximum Gasteiger partial charge on any atom is 0.271 e. The van der Waals surface area contributed by atoms with Crippen molar-refractivity contribution < 1.29 is 9.59 Å². The lowest BCUT2D eigenvalue weighted by molar-refractivity contribution is -0.127. The van der Waals surface area contributed by atoms with Crippen molar-refractivity contribution in [2.24, 2.45) is 0 Å². The molecule has 1 aromatic rings. The fraction of sp³-hybridized carbons (Fsp3) is 0.538. The van der Waals surface area contributed by atoms with Gasteiger partial charge in [0.15, 0.2) is 0 Å². The maximum absolute atomic E-state index is 12.6. The quantitative estimate of drug-likeness (QED) is 0.914. The number of carbonyl (C=O) groups is 2. The highest BCUT2D eigenvalue weighted by atomic mass is 35.5. The predicted molar refractivity (Wildman–Crippen MR) is 73.2 cm³/mol. The fourth-order valence-electron chi connectivity index (χ4n) is 2.43. The number of nitrogens with one attached hydrogen (secondary N) is 1. The van der Waals surface area contributed by atoms with Crippen LogP contribution in [0, 0.1) is 0 Å². The van der Waals surface area contributed by atoms with E-state index < -0.39 is 0 Å². The van der Waals surface area contributed by atoms with Gasteiger partial charge in [0.2, 0.25) is 5.91 Å². The van der Waals surface area contributed by atoms with Crippen molar-refractivity contribution in [1.29, 1.82) is 0 Å². The number of aromatic nitrogens is 1. The topological polar surface area (TPSA) is 54.3 Å². The van der Waals surface area contributed by atoms with Crippen molar-refractivity contribution in [3.05, 3.63) is 23.0 Å². The SMILES string of the molecule is CCC1C(=O)NCCN1C(=O)c1cc(Cl)cn1CC. The Balaban J connectivity index is 2.29. The lowest BCUT2D eigenvalue weighted by atomic mass is 10.1. The van der Waals surface area contributed by atoms with Crippen LogP contribution in [-0.4, -0.2) is 40.4 Å². The molecule has 6 heteroatoms. The van der Waals surface area contributed by atoms with Crippen molar-refractivity contribution in [2.75, 3.05) is 13.1 Å². The van der Waals surface area contributed by atoms with Gasteiger partial charge in [0.25, 0.3) is 5.91 Å². The van der Waals surface area contributed by atoms with Crippen LogP contribution < -0.4 is 5.32 Å². The number of halogens is 1. The molecule has 0 saturated carbocycles. The van der Waals surface area contributed by atoms with E-state index in [4.69, 9.17) is 11.6 Å². The van der Waals surface area contributed by atoms with Crippen LogP contribution in [0.4, 0.5) is 0 Å². The average molecular weight is 284 g/mol. The summed E-state index contributed by atoms with van der Waals surface area (Å²) in [7, 11) is 0. The molecule has 0 aliphatic carbocycles. The van der Waals surface area contributed by atoms with Gasteiger partial charge in [0.05, 0.1) is 5.02 Å². The third kappa shape index (κ3) is 2.61. The Morgan fingerprint density at radius 1 is 1.53 bits per heavy atom. The lowest BCUT2D eigenvalue weighted by Crippen LogP contribution is -2.57. The van der Waals surface area contributed by atoms with Crippen molar-refractivity contribution in [3.8, 4) is 0 Å². The number of piperazine rings is 1. The number of hydrogen-bond donors (Lipinski definition) is 1. The van der Waals surface area contributed by atoms with Gasteiger partial charge in [-0.2, -0.15) is 0 Å². The summed E-state index contributed by atoms with van der Waals surface area (Å²) in [5.74, 6) is -0.210. The Hall–Kier alpha value is -1.49. The molecule has 1 aromatic heterocycles. The molecule has 2 rings (SSSR count). The van der Waals surface area contributed by atoms with E-state index in [1.165, 1.54) is 0 Å². The molecule has 5 nitrogen and oxygen atoms in total. The number of amides is 2. The Bertz CT molecular complexity index is 498. The van der Waals surface area contributed by atoms with E-state index in [1.807, 2.05) is 18.4 Å². The Morgan fingerprint density at radius 2 is 2.26 bits per heavy atom. The minimum Gasteiger partial charge on any atom is -0.353 e.